The van der Waals surface area contributed by atoms with E-state index in [0.29, 0.717) is 0 Å². The summed E-state index contributed by atoms with van der Waals surface area (Å²) in [5, 5.41) is 6.83. The van der Waals surface area contributed by atoms with Crippen molar-refractivity contribution in [2.75, 3.05) is 0 Å². The fourth-order valence-corrected chi connectivity index (χ4v) is 5.04. The molecule has 9 aromatic rings. The quantitative estimate of drug-likeness (QED) is 0.146. The zero-order valence-electron chi connectivity index (χ0n) is 39.3. The maximum atomic E-state index is 4.35. The van der Waals surface area contributed by atoms with Crippen LogP contribution in [0.25, 0.3) is 65.4 Å². The average molecular weight is 1860 g/mol. The molecule has 0 atom stereocenters. The summed E-state index contributed by atoms with van der Waals surface area (Å²) in [4.78, 5) is 26.1. The molecule has 0 fully saturated rings. The molecule has 45 heteroatoms. The largest absolute Gasteiger partial charge is 3.00 e. The molecule has 0 spiro atoms. The number of hydrogen-bond acceptors (Lipinski definition) is 6. The van der Waals surface area contributed by atoms with E-state index in [0.717, 1.165) is 65.4 Å². The van der Waals surface area contributed by atoms with Gasteiger partial charge >= 0.3 is 46.3 Å². The minimum absolute atomic E-state index is 0. The van der Waals surface area contributed by atoms with E-state index in [1.807, 2.05) is 36.4 Å². The fraction of sp³-hybridized carbons (Fsp3) is 0. The van der Waals surface area contributed by atoms with Gasteiger partial charge in [0.2, 0.25) is 0 Å². The molecule has 6 N–H and O–H groups in total. The first-order valence-corrected chi connectivity index (χ1v) is 13.6. The Kier molecular flexibility index (Phi) is 318. The summed E-state index contributed by atoms with van der Waals surface area (Å²) in [5.74, 6) is 0. The molecular weight excluding hydrogens is 1830 g/mol. The van der Waals surface area contributed by atoms with Crippen LogP contribution in [-0.4, -0.2) is 46.3 Å². The third kappa shape index (κ3) is 56.2. The maximum Gasteiger partial charge on any atom is 3.00 e. The van der Waals surface area contributed by atoms with E-state index in [-0.39, 0.29) is 374 Å². The third-order valence-corrected chi connectivity index (χ3v) is 7.03. The first-order chi connectivity index (χ1) is 20.8. The molecule has 0 unspecified atom stereocenters. The van der Waals surface area contributed by atoms with Gasteiger partial charge in [-0.3, -0.25) is 29.9 Å². The molecular formula is C36H30CoMo8N6NaO29-48. The molecule has 3 aromatic carbocycles. The van der Waals surface area contributed by atoms with Crippen molar-refractivity contribution < 1.29 is 374 Å². The van der Waals surface area contributed by atoms with E-state index in [1.165, 1.54) is 0 Å². The first kappa shape index (κ1) is 225. The van der Waals surface area contributed by atoms with Gasteiger partial charge < -0.3 is 159 Å². The van der Waals surface area contributed by atoms with Crippen LogP contribution in [0.2, 0.25) is 0 Å². The molecule has 0 aliphatic heterocycles. The molecule has 0 aliphatic rings. The monoisotopic (exact) mass is 1880 g/mol. The van der Waals surface area contributed by atoms with Crippen molar-refractivity contribution >= 4 is 65.4 Å². The van der Waals surface area contributed by atoms with Crippen LogP contribution in [0.5, 0.6) is 0 Å². The van der Waals surface area contributed by atoms with E-state index in [9.17, 15) is 0 Å². The van der Waals surface area contributed by atoms with Crippen molar-refractivity contribution in [2.24, 2.45) is 0 Å². The van der Waals surface area contributed by atoms with Gasteiger partial charge in [-0.25, -0.2) is 0 Å². The fourth-order valence-electron chi connectivity index (χ4n) is 5.04. The zero-order chi connectivity index (χ0) is 28.1. The Bertz CT molecular complexity index is 2030. The normalized spacial score (nSPS) is 5.63. The van der Waals surface area contributed by atoms with Crippen molar-refractivity contribution in [1.82, 2.24) is 29.9 Å². The molecule has 6 aromatic heterocycles. The summed E-state index contributed by atoms with van der Waals surface area (Å²) in [6.45, 7) is 0. The molecule has 0 radical (unpaired) electrons. The van der Waals surface area contributed by atoms with Gasteiger partial charge in [0.25, 0.3) is 0 Å². The Morgan fingerprint density at radius 1 is 0.173 bits per heavy atom. The van der Waals surface area contributed by atoms with Gasteiger partial charge in [-0.15, -0.1) is 0 Å². The van der Waals surface area contributed by atoms with Crippen LogP contribution < -0.4 is 29.6 Å². The van der Waals surface area contributed by atoms with Gasteiger partial charge in [-0.2, -0.15) is 0 Å². The van der Waals surface area contributed by atoms with Gasteiger partial charge in [0.1, 0.15) is 0 Å². The second kappa shape index (κ2) is 115. The van der Waals surface area contributed by atoms with Gasteiger partial charge in [0.15, 0.2) is 0 Å². The number of rotatable bonds is 0. The SMILES string of the molecule is O.O.O.[Co+3].[Mo].[Mo].[Mo].[Mo].[Mo].[Mo].[Mo].[Mo].[Na+].[O-2].[O-2].[O-2].[O-2].[O-2].[O-2].[O-2].[O-2].[O-2].[O-2].[O-2].[O-2].[O-2].[O-2].[O-2].[O-2].[O-2].[O-2].[O-2].[O-2].[O-2].[O-2].[O-2].[O-2].[O-2].[O-2].c1cnc2c(c1)ccc1cccnc12.c1cnc2c(c1)ccc1cccnc12.c1cnc2c(c1)ccc1cccnc12. The van der Waals surface area contributed by atoms with Crippen LogP contribution >= 0.6 is 0 Å². The van der Waals surface area contributed by atoms with E-state index in [4.69, 9.17) is 0 Å². The minimum atomic E-state index is 0. The maximum absolute atomic E-state index is 4.35. The van der Waals surface area contributed by atoms with Crippen LogP contribution in [0, 0.1) is 0 Å². The van der Waals surface area contributed by atoms with E-state index < -0.39 is 0 Å². The Hall–Kier alpha value is -0.0270. The van der Waals surface area contributed by atoms with E-state index >= 15 is 0 Å². The number of hydrogen-bond donors (Lipinski definition) is 0. The molecule has 0 saturated heterocycles. The molecule has 0 saturated carbocycles. The van der Waals surface area contributed by atoms with Crippen molar-refractivity contribution in [3.8, 4) is 0 Å². The molecule has 81 heavy (non-hydrogen) atoms. The second-order valence-electron chi connectivity index (χ2n) is 9.65. The van der Waals surface area contributed by atoms with E-state index in [1.54, 1.807) is 37.2 Å². The number of aromatic nitrogens is 6. The van der Waals surface area contributed by atoms with Crippen molar-refractivity contribution in [2.45, 2.75) is 0 Å². The van der Waals surface area contributed by atoms with Crippen LogP contribution in [0.1, 0.15) is 0 Å². The summed E-state index contributed by atoms with van der Waals surface area (Å²) in [6.07, 6.45) is 10.8. The summed E-state index contributed by atoms with van der Waals surface area (Å²) in [6, 6.07) is 36.4. The van der Waals surface area contributed by atoms with Gasteiger partial charge in [0, 0.05) is 238 Å². The Balaban J connectivity index is -0.0000000111. The summed E-state index contributed by atoms with van der Waals surface area (Å²) in [5.41, 5.74) is 5.86. The predicted molar refractivity (Wildman–Crippen MR) is 200 cm³/mol. The Morgan fingerprint density at radius 3 is 0.346 bits per heavy atom. The van der Waals surface area contributed by atoms with E-state index in [2.05, 4.69) is 103 Å². The second-order valence-corrected chi connectivity index (χ2v) is 9.65. The summed E-state index contributed by atoms with van der Waals surface area (Å²) in [7, 11) is 0. The van der Waals surface area contributed by atoms with Crippen molar-refractivity contribution in [3.63, 3.8) is 0 Å². The standard InChI is InChI=1S/3C12H8N2.Co.8Mo.Na.3H2O.26O/c3*1-3-9-5-6-10-4-2-8-14-12(10)11(9)13-7-1;;;;;;;;;;;;;;;;;;;;;;;;;;;;;;;;;;;;;;;/h3*1-8H;;;;;;;;;;;3*1H2;;;;;;;;;;;;;;;;;;;;;;;;;;/q;;;+3;;;;;;;;;+1;;;;26*-2. The van der Waals surface area contributed by atoms with Crippen LogP contribution in [0.3, 0.4) is 0 Å². The Morgan fingerprint density at radius 2 is 0.259 bits per heavy atom. The Labute approximate surface area is 608 Å². The average Bonchev–Trinajstić information content (AvgIpc) is 3.09. The van der Waals surface area contributed by atoms with Gasteiger partial charge in [0.05, 0.1) is 33.1 Å². The van der Waals surface area contributed by atoms with Crippen molar-refractivity contribution in [3.05, 3.63) is 146 Å². The molecule has 6 heterocycles. The number of pyridine rings is 6. The number of fused-ring (bicyclic) bond motifs is 9. The van der Waals surface area contributed by atoms with Crippen LogP contribution in [0.4, 0.5) is 0 Å². The molecule has 0 amide bonds. The van der Waals surface area contributed by atoms with Crippen LogP contribution in [-0.2, 0) is 328 Å². The predicted octanol–water partition coefficient (Wildman–Crippen LogP) is -0.232. The van der Waals surface area contributed by atoms with Crippen LogP contribution in [0.15, 0.2) is 146 Å². The molecule has 9 rings (SSSR count). The zero-order valence-corrected chi connectivity index (χ0v) is 58.4. The number of nitrogens with zero attached hydrogens (tertiary/aromatic N) is 6. The summed E-state index contributed by atoms with van der Waals surface area (Å²) >= 11 is 0. The van der Waals surface area contributed by atoms with Gasteiger partial charge in [-0.05, 0) is 36.4 Å². The minimum Gasteiger partial charge on any atom is -2.00 e. The molecule has 484 valence electrons. The number of benzene rings is 3. The first-order valence-electron chi connectivity index (χ1n) is 13.6. The third-order valence-electron chi connectivity index (χ3n) is 7.03. The van der Waals surface area contributed by atoms with Gasteiger partial charge in [-0.1, -0.05) is 72.8 Å². The smallest absolute Gasteiger partial charge is 2.00 e. The molecule has 35 nitrogen and oxygen atoms in total. The molecule has 0 bridgehead atoms. The topological polar surface area (TPSA) is 913 Å². The summed E-state index contributed by atoms with van der Waals surface area (Å²) < 4.78 is 0. The molecule has 0 aliphatic carbocycles. The van der Waals surface area contributed by atoms with Crippen molar-refractivity contribution in [1.29, 1.82) is 0 Å².